The van der Waals surface area contributed by atoms with Crippen molar-refractivity contribution in [2.45, 2.75) is 26.3 Å². The fourth-order valence-electron chi connectivity index (χ4n) is 0.623. The van der Waals surface area contributed by atoms with Gasteiger partial charge in [-0.2, -0.15) is 4.99 Å². The molecule has 0 saturated carbocycles. The fourth-order valence-corrected chi connectivity index (χ4v) is 0.623. The minimum atomic E-state index is -0.137. The van der Waals surface area contributed by atoms with Crippen molar-refractivity contribution in [3.8, 4) is 0 Å². The second-order valence-electron chi connectivity index (χ2n) is 3.07. The number of amides is 2. The smallest absolute Gasteiger partial charge is 0.277 e. The van der Waals surface area contributed by atoms with E-state index in [1.54, 1.807) is 11.2 Å². The monoisotopic (exact) mass is 126 g/mol. The van der Waals surface area contributed by atoms with Crippen molar-refractivity contribution >= 4 is 12.4 Å². The Morgan fingerprint density at radius 3 is 2.11 bits per heavy atom. The van der Waals surface area contributed by atoms with Gasteiger partial charge in [0.15, 0.2) is 0 Å². The molecule has 0 unspecified atom stereocenters. The van der Waals surface area contributed by atoms with Gasteiger partial charge in [-0.3, -0.25) is 4.90 Å². The van der Waals surface area contributed by atoms with Crippen LogP contribution in [0.25, 0.3) is 0 Å². The van der Waals surface area contributed by atoms with Gasteiger partial charge in [0.05, 0.1) is 0 Å². The van der Waals surface area contributed by atoms with Crippen LogP contribution in [0.3, 0.4) is 0 Å². The van der Waals surface area contributed by atoms with E-state index in [0.717, 1.165) is 0 Å². The van der Waals surface area contributed by atoms with Gasteiger partial charge >= 0.3 is 6.03 Å². The van der Waals surface area contributed by atoms with E-state index in [-0.39, 0.29) is 11.6 Å². The van der Waals surface area contributed by atoms with Crippen LogP contribution in [0.2, 0.25) is 0 Å². The average Bonchev–Trinajstić information content (AvgIpc) is 1.57. The van der Waals surface area contributed by atoms with Gasteiger partial charge in [-0.1, -0.05) is 0 Å². The van der Waals surface area contributed by atoms with Crippen LogP contribution in [-0.4, -0.2) is 22.8 Å². The molecule has 0 aromatic carbocycles. The lowest BCUT2D eigenvalue weighted by Crippen LogP contribution is -2.48. The van der Waals surface area contributed by atoms with E-state index >= 15 is 0 Å². The SMILES string of the molecule is CC(C)(C)N1C=NC1=O. The molecule has 3 heteroatoms. The first kappa shape index (κ1) is 6.26. The predicted molar refractivity (Wildman–Crippen MR) is 35.5 cm³/mol. The van der Waals surface area contributed by atoms with Gasteiger partial charge in [-0.25, -0.2) is 4.79 Å². The molecule has 0 spiro atoms. The van der Waals surface area contributed by atoms with Crippen LogP contribution < -0.4 is 0 Å². The molecule has 0 aromatic heterocycles. The molecule has 1 aliphatic rings. The Balaban J connectivity index is 2.67. The summed E-state index contributed by atoms with van der Waals surface area (Å²) < 4.78 is 0. The molecule has 3 nitrogen and oxygen atoms in total. The minimum absolute atomic E-state index is 0.0984. The maximum absolute atomic E-state index is 10.6. The van der Waals surface area contributed by atoms with Crippen LogP contribution in [0.1, 0.15) is 20.8 Å². The zero-order valence-corrected chi connectivity index (χ0v) is 5.88. The number of nitrogens with zero attached hydrogens (tertiary/aromatic N) is 2. The Morgan fingerprint density at radius 1 is 1.56 bits per heavy atom. The Labute approximate surface area is 54.4 Å². The molecule has 0 bridgehead atoms. The highest BCUT2D eigenvalue weighted by Crippen LogP contribution is 2.16. The van der Waals surface area contributed by atoms with Crippen molar-refractivity contribution in [2.24, 2.45) is 4.99 Å². The summed E-state index contributed by atoms with van der Waals surface area (Å²) in [6, 6.07) is -0.137. The van der Waals surface area contributed by atoms with E-state index in [1.165, 1.54) is 0 Å². The van der Waals surface area contributed by atoms with E-state index in [9.17, 15) is 4.79 Å². The normalized spacial score (nSPS) is 18.1. The van der Waals surface area contributed by atoms with Gasteiger partial charge in [0.25, 0.3) is 0 Å². The number of hydrogen-bond acceptors (Lipinski definition) is 1. The first-order chi connectivity index (χ1) is 4.02. The second kappa shape index (κ2) is 1.56. The molecule has 0 fully saturated rings. The molecule has 0 atom stereocenters. The number of urea groups is 1. The summed E-state index contributed by atoms with van der Waals surface area (Å²) in [6.45, 7) is 5.90. The third kappa shape index (κ3) is 0.943. The Morgan fingerprint density at radius 2 is 2.11 bits per heavy atom. The number of carbonyl (C=O) groups is 1. The van der Waals surface area contributed by atoms with Gasteiger partial charge in [-0.15, -0.1) is 0 Å². The minimum Gasteiger partial charge on any atom is -0.277 e. The van der Waals surface area contributed by atoms with Crippen LogP contribution in [0.15, 0.2) is 4.99 Å². The third-order valence-electron chi connectivity index (χ3n) is 1.21. The highest BCUT2D eigenvalue weighted by atomic mass is 16.2. The number of hydrogen-bond donors (Lipinski definition) is 0. The van der Waals surface area contributed by atoms with Crippen LogP contribution in [0, 0.1) is 0 Å². The molecule has 2 amide bonds. The zero-order chi connectivity index (χ0) is 7.07. The summed E-state index contributed by atoms with van der Waals surface area (Å²) in [4.78, 5) is 15.7. The van der Waals surface area contributed by atoms with Crippen LogP contribution >= 0.6 is 0 Å². The van der Waals surface area contributed by atoms with E-state index < -0.39 is 0 Å². The van der Waals surface area contributed by atoms with Crippen molar-refractivity contribution in [3.05, 3.63) is 0 Å². The van der Waals surface area contributed by atoms with E-state index in [4.69, 9.17) is 0 Å². The van der Waals surface area contributed by atoms with Gasteiger partial charge in [-0.05, 0) is 20.8 Å². The first-order valence-corrected chi connectivity index (χ1v) is 2.89. The van der Waals surface area contributed by atoms with E-state index in [1.807, 2.05) is 20.8 Å². The zero-order valence-electron chi connectivity index (χ0n) is 5.88. The molecule has 0 aliphatic carbocycles. The largest absolute Gasteiger partial charge is 0.350 e. The van der Waals surface area contributed by atoms with Crippen molar-refractivity contribution in [1.29, 1.82) is 0 Å². The van der Waals surface area contributed by atoms with Crippen LogP contribution in [-0.2, 0) is 0 Å². The summed E-state index contributed by atoms with van der Waals surface area (Å²) >= 11 is 0. The Hall–Kier alpha value is -0.860. The maximum Gasteiger partial charge on any atom is 0.350 e. The molecule has 1 heterocycles. The Kier molecular flexibility index (Phi) is 1.08. The van der Waals surface area contributed by atoms with Crippen LogP contribution in [0.4, 0.5) is 4.79 Å². The first-order valence-electron chi connectivity index (χ1n) is 2.89. The quantitative estimate of drug-likeness (QED) is 0.480. The van der Waals surface area contributed by atoms with E-state index in [2.05, 4.69) is 4.99 Å². The van der Waals surface area contributed by atoms with Gasteiger partial charge in [0.2, 0.25) is 0 Å². The van der Waals surface area contributed by atoms with Crippen molar-refractivity contribution in [2.75, 3.05) is 0 Å². The maximum atomic E-state index is 10.6. The fraction of sp³-hybridized carbons (Fsp3) is 0.667. The molecule has 50 valence electrons. The van der Waals surface area contributed by atoms with Gasteiger partial charge < -0.3 is 0 Å². The lowest BCUT2D eigenvalue weighted by molar-refractivity contribution is 0.192. The van der Waals surface area contributed by atoms with E-state index in [0.29, 0.717) is 0 Å². The summed E-state index contributed by atoms with van der Waals surface area (Å²) in [6.07, 6.45) is 1.56. The molecule has 1 aliphatic heterocycles. The number of rotatable bonds is 0. The van der Waals surface area contributed by atoms with Crippen molar-refractivity contribution in [1.82, 2.24) is 4.90 Å². The summed E-state index contributed by atoms with van der Waals surface area (Å²) in [5.74, 6) is 0. The number of aliphatic imine (C=N–C) groups is 1. The molecule has 0 aromatic rings. The van der Waals surface area contributed by atoms with Gasteiger partial charge in [0, 0.05) is 5.54 Å². The molecule has 1 rings (SSSR count). The lowest BCUT2D eigenvalue weighted by Gasteiger charge is -2.34. The van der Waals surface area contributed by atoms with Gasteiger partial charge in [0.1, 0.15) is 6.34 Å². The lowest BCUT2D eigenvalue weighted by atomic mass is 10.1. The highest BCUT2D eigenvalue weighted by Gasteiger charge is 2.29. The standard InChI is InChI=1S/C6H10N2O/c1-6(2,3)8-4-7-5(8)9/h4H,1-3H3. The van der Waals surface area contributed by atoms with Crippen molar-refractivity contribution in [3.63, 3.8) is 0 Å². The molecule has 0 radical (unpaired) electrons. The third-order valence-corrected chi connectivity index (χ3v) is 1.21. The summed E-state index contributed by atoms with van der Waals surface area (Å²) in [7, 11) is 0. The molecule has 0 N–H and O–H groups in total. The number of carbonyl (C=O) groups excluding carboxylic acids is 1. The summed E-state index contributed by atoms with van der Waals surface area (Å²) in [5.41, 5.74) is -0.0984. The molecular weight excluding hydrogens is 116 g/mol. The molecule has 9 heavy (non-hydrogen) atoms. The predicted octanol–water partition coefficient (Wildman–Crippen LogP) is 1.25. The molecule has 0 saturated heterocycles. The average molecular weight is 126 g/mol. The highest BCUT2D eigenvalue weighted by molar-refractivity contribution is 6.01. The summed E-state index contributed by atoms with van der Waals surface area (Å²) in [5, 5.41) is 0. The topological polar surface area (TPSA) is 32.7 Å². The molecular formula is C6H10N2O. The van der Waals surface area contributed by atoms with Crippen molar-refractivity contribution < 1.29 is 4.79 Å². The Bertz CT molecular complexity index is 166. The van der Waals surface area contributed by atoms with Crippen LogP contribution in [0.5, 0.6) is 0 Å². The second-order valence-corrected chi connectivity index (χ2v) is 3.07.